The van der Waals surface area contributed by atoms with Crippen LogP contribution < -0.4 is 0 Å². The van der Waals surface area contributed by atoms with Crippen molar-refractivity contribution in [2.45, 2.75) is 13.8 Å². The maximum Gasteiger partial charge on any atom is 0.124 e. The van der Waals surface area contributed by atoms with E-state index < -0.39 is 0 Å². The second-order valence-corrected chi connectivity index (χ2v) is 9.19. The molecule has 1 nitrogen and oxygen atoms in total. The molecule has 0 N–H and O–H groups in total. The van der Waals surface area contributed by atoms with Gasteiger partial charge in [-0.05, 0) is 69.8 Å². The lowest BCUT2D eigenvalue weighted by molar-refractivity contribution is 1.45. The normalized spacial score (nSPS) is 11.5. The number of fused-ring (bicyclic) bond motifs is 3. The monoisotopic (exact) mass is 415 g/mol. The lowest BCUT2D eigenvalue weighted by atomic mass is 9.89. The zero-order valence-electron chi connectivity index (χ0n) is 17.5. The van der Waals surface area contributed by atoms with Crippen LogP contribution in [0.3, 0.4) is 0 Å². The summed E-state index contributed by atoms with van der Waals surface area (Å²) in [5.41, 5.74) is 7.41. The van der Waals surface area contributed by atoms with Crippen LogP contribution in [0.1, 0.15) is 11.1 Å². The van der Waals surface area contributed by atoms with Gasteiger partial charge in [-0.15, -0.1) is 11.3 Å². The molecular weight excluding hydrogens is 394 g/mol. The van der Waals surface area contributed by atoms with Crippen LogP contribution in [0.2, 0.25) is 0 Å². The molecule has 0 bridgehead atoms. The van der Waals surface area contributed by atoms with Crippen molar-refractivity contribution in [1.29, 1.82) is 0 Å². The summed E-state index contributed by atoms with van der Waals surface area (Å²) >= 11 is 1.76. The predicted octanol–water partition coefficient (Wildman–Crippen LogP) is 8.55. The van der Waals surface area contributed by atoms with E-state index >= 15 is 0 Å². The third kappa shape index (κ3) is 2.95. The first-order valence-corrected chi connectivity index (χ1v) is 11.4. The van der Waals surface area contributed by atoms with Crippen LogP contribution in [0.4, 0.5) is 0 Å². The molecule has 0 saturated carbocycles. The standard InChI is InChI=1S/C29H21NS/c1-18-11-16-26-27(17-18)31-29(30-26)21-14-12-20(13-15-21)28-24-9-5-3-7-22(24)19(2)23-8-4-6-10-25(23)28/h3-17H,1-2H3. The van der Waals surface area contributed by atoms with Crippen molar-refractivity contribution < 1.29 is 0 Å². The Morgan fingerprint density at radius 2 is 1.19 bits per heavy atom. The Kier molecular flexibility index (Phi) is 4.15. The van der Waals surface area contributed by atoms with Gasteiger partial charge in [0.1, 0.15) is 5.01 Å². The number of thiazole rings is 1. The minimum atomic E-state index is 1.07. The molecule has 1 aromatic heterocycles. The Balaban J connectivity index is 1.54. The predicted molar refractivity (Wildman–Crippen MR) is 135 cm³/mol. The van der Waals surface area contributed by atoms with Gasteiger partial charge in [-0.2, -0.15) is 0 Å². The third-order valence-electron chi connectivity index (χ3n) is 6.17. The van der Waals surface area contributed by atoms with Crippen LogP contribution in [-0.2, 0) is 0 Å². The minimum Gasteiger partial charge on any atom is -0.236 e. The molecule has 0 unspecified atom stereocenters. The number of nitrogens with zero attached hydrogens (tertiary/aromatic N) is 1. The highest BCUT2D eigenvalue weighted by atomic mass is 32.1. The van der Waals surface area contributed by atoms with Crippen LogP contribution in [-0.4, -0.2) is 4.98 Å². The molecule has 5 aromatic carbocycles. The number of benzene rings is 5. The molecule has 148 valence electrons. The molecule has 0 spiro atoms. The molecule has 0 aliphatic heterocycles. The summed E-state index contributed by atoms with van der Waals surface area (Å²) in [7, 11) is 0. The highest BCUT2D eigenvalue weighted by Crippen LogP contribution is 2.40. The van der Waals surface area contributed by atoms with Gasteiger partial charge in [0.25, 0.3) is 0 Å². The summed E-state index contributed by atoms with van der Waals surface area (Å²) in [5, 5.41) is 6.33. The van der Waals surface area contributed by atoms with E-state index in [4.69, 9.17) is 4.98 Å². The fourth-order valence-corrected chi connectivity index (χ4v) is 5.66. The summed E-state index contributed by atoms with van der Waals surface area (Å²) in [6, 6.07) is 32.9. The van der Waals surface area contributed by atoms with Crippen LogP contribution in [0.25, 0.3) is 53.5 Å². The topological polar surface area (TPSA) is 12.9 Å². The Hall–Kier alpha value is -3.49. The minimum absolute atomic E-state index is 1.07. The fourth-order valence-electron chi connectivity index (χ4n) is 4.59. The van der Waals surface area contributed by atoms with Gasteiger partial charge in [0.2, 0.25) is 0 Å². The van der Waals surface area contributed by atoms with Gasteiger partial charge in [-0.1, -0.05) is 78.9 Å². The highest BCUT2D eigenvalue weighted by Gasteiger charge is 2.13. The van der Waals surface area contributed by atoms with E-state index in [1.807, 2.05) is 0 Å². The third-order valence-corrected chi connectivity index (χ3v) is 7.23. The molecule has 0 aliphatic rings. The molecule has 0 radical (unpaired) electrons. The number of hydrogen-bond donors (Lipinski definition) is 0. The Bertz CT molecular complexity index is 1530. The van der Waals surface area contributed by atoms with Gasteiger partial charge in [0, 0.05) is 5.56 Å². The Morgan fingerprint density at radius 1 is 0.613 bits per heavy atom. The largest absolute Gasteiger partial charge is 0.236 e. The highest BCUT2D eigenvalue weighted by molar-refractivity contribution is 7.21. The molecular formula is C29H21NS. The van der Waals surface area contributed by atoms with Gasteiger partial charge in [-0.25, -0.2) is 4.98 Å². The van der Waals surface area contributed by atoms with Crippen LogP contribution in [0.15, 0.2) is 91.0 Å². The molecule has 0 saturated heterocycles. The van der Waals surface area contributed by atoms with Crippen LogP contribution >= 0.6 is 11.3 Å². The zero-order valence-corrected chi connectivity index (χ0v) is 18.3. The van der Waals surface area contributed by atoms with E-state index in [0.29, 0.717) is 0 Å². The van der Waals surface area contributed by atoms with E-state index in [1.165, 1.54) is 54.1 Å². The second-order valence-electron chi connectivity index (χ2n) is 8.16. The van der Waals surface area contributed by atoms with Crippen LogP contribution in [0.5, 0.6) is 0 Å². The average molecular weight is 416 g/mol. The van der Waals surface area contributed by atoms with E-state index in [2.05, 4.69) is 105 Å². The number of aryl methyl sites for hydroxylation is 2. The molecule has 0 atom stereocenters. The maximum absolute atomic E-state index is 4.86. The van der Waals surface area contributed by atoms with E-state index in [9.17, 15) is 0 Å². The van der Waals surface area contributed by atoms with Crippen LogP contribution in [0, 0.1) is 13.8 Å². The lowest BCUT2D eigenvalue weighted by Gasteiger charge is -2.15. The summed E-state index contributed by atoms with van der Waals surface area (Å²) < 4.78 is 1.24. The first-order chi connectivity index (χ1) is 15.2. The Morgan fingerprint density at radius 3 is 1.84 bits per heavy atom. The van der Waals surface area contributed by atoms with Gasteiger partial charge in [-0.3, -0.25) is 0 Å². The van der Waals surface area contributed by atoms with E-state index in [-0.39, 0.29) is 0 Å². The molecule has 31 heavy (non-hydrogen) atoms. The number of hydrogen-bond acceptors (Lipinski definition) is 2. The van der Waals surface area contributed by atoms with E-state index in [1.54, 1.807) is 11.3 Å². The second kappa shape index (κ2) is 7.04. The van der Waals surface area contributed by atoms with Gasteiger partial charge >= 0.3 is 0 Å². The van der Waals surface area contributed by atoms with Crippen molar-refractivity contribution in [3.05, 3.63) is 102 Å². The van der Waals surface area contributed by atoms with Gasteiger partial charge in [0.05, 0.1) is 10.2 Å². The number of aromatic nitrogens is 1. The lowest BCUT2D eigenvalue weighted by Crippen LogP contribution is -1.89. The van der Waals surface area contributed by atoms with E-state index in [0.717, 1.165) is 10.5 Å². The SMILES string of the molecule is Cc1ccc2nc(-c3ccc(-c4c5ccccc5c(C)c5ccccc45)cc3)sc2c1. The first-order valence-electron chi connectivity index (χ1n) is 10.6. The first kappa shape index (κ1) is 18.3. The summed E-state index contributed by atoms with van der Waals surface area (Å²) in [5.74, 6) is 0. The quantitative estimate of drug-likeness (QED) is 0.258. The van der Waals surface area contributed by atoms with Crippen molar-refractivity contribution in [3.63, 3.8) is 0 Å². The molecule has 6 rings (SSSR count). The summed E-state index contributed by atoms with van der Waals surface area (Å²) in [6.07, 6.45) is 0. The molecule has 0 amide bonds. The molecule has 0 aliphatic carbocycles. The van der Waals surface area contributed by atoms with Gasteiger partial charge < -0.3 is 0 Å². The molecule has 6 aromatic rings. The van der Waals surface area contributed by atoms with Crippen molar-refractivity contribution in [2.24, 2.45) is 0 Å². The molecule has 1 heterocycles. The zero-order chi connectivity index (χ0) is 20.9. The summed E-state index contributed by atoms with van der Waals surface area (Å²) in [6.45, 7) is 4.36. The number of rotatable bonds is 2. The van der Waals surface area contributed by atoms with Crippen molar-refractivity contribution in [2.75, 3.05) is 0 Å². The van der Waals surface area contributed by atoms with Gasteiger partial charge in [0.15, 0.2) is 0 Å². The Labute approximate surface area is 185 Å². The van der Waals surface area contributed by atoms with Crippen molar-refractivity contribution in [1.82, 2.24) is 4.98 Å². The molecule has 2 heteroatoms. The van der Waals surface area contributed by atoms with Crippen molar-refractivity contribution >= 4 is 43.1 Å². The fraction of sp³-hybridized carbons (Fsp3) is 0.0690. The maximum atomic E-state index is 4.86. The smallest absolute Gasteiger partial charge is 0.124 e. The van der Waals surface area contributed by atoms with Crippen molar-refractivity contribution in [3.8, 4) is 21.7 Å². The average Bonchev–Trinajstić information content (AvgIpc) is 3.23. The molecule has 0 fully saturated rings. The summed E-state index contributed by atoms with van der Waals surface area (Å²) in [4.78, 5) is 4.86.